The highest BCUT2D eigenvalue weighted by Gasteiger charge is 2.11. The summed E-state index contributed by atoms with van der Waals surface area (Å²) in [5.41, 5.74) is 1.01. The quantitative estimate of drug-likeness (QED) is 0.761. The highest BCUT2D eigenvalue weighted by atomic mass is 32.1. The second-order valence-electron chi connectivity index (χ2n) is 2.90. The zero-order chi connectivity index (χ0) is 10.7. The van der Waals surface area contributed by atoms with E-state index in [1.165, 1.54) is 0 Å². The number of thiocarbonyl (C=S) groups is 1. The molecule has 1 aromatic rings. The molecule has 0 aliphatic rings. The molecule has 0 spiro atoms. The van der Waals surface area contributed by atoms with Gasteiger partial charge in [-0.3, -0.25) is 0 Å². The van der Waals surface area contributed by atoms with Crippen LogP contribution in [0.1, 0.15) is 22.8 Å². The maximum atomic E-state index is 10.8. The topological polar surface area (TPSA) is 46.5 Å². The first-order valence-electron chi connectivity index (χ1n) is 4.03. The van der Waals surface area contributed by atoms with E-state index in [4.69, 9.17) is 22.1 Å². The number of carbonyl (C=O) groups is 1. The van der Waals surface area contributed by atoms with Crippen molar-refractivity contribution in [1.82, 2.24) is 0 Å². The largest absolute Gasteiger partial charge is 0.478 e. The van der Waals surface area contributed by atoms with Crippen molar-refractivity contribution < 1.29 is 14.6 Å². The van der Waals surface area contributed by atoms with Gasteiger partial charge in [-0.1, -0.05) is 11.6 Å². The molecule has 0 amide bonds. The average molecular weight is 210 g/mol. The second kappa shape index (κ2) is 4.19. The van der Waals surface area contributed by atoms with Gasteiger partial charge in [-0.05, 0) is 31.3 Å². The Morgan fingerprint density at radius 1 is 1.50 bits per heavy atom. The third kappa shape index (κ3) is 2.53. The molecule has 0 heterocycles. The minimum Gasteiger partial charge on any atom is -0.478 e. The molecule has 0 radical (unpaired) electrons. The van der Waals surface area contributed by atoms with E-state index in [1.807, 2.05) is 6.92 Å². The fourth-order valence-electron chi connectivity index (χ4n) is 1.05. The summed E-state index contributed by atoms with van der Waals surface area (Å²) < 4.78 is 5.11. The monoisotopic (exact) mass is 210 g/mol. The predicted octanol–water partition coefficient (Wildman–Crippen LogP) is 2.42. The molecule has 0 saturated heterocycles. The number of benzene rings is 1. The summed E-state index contributed by atoms with van der Waals surface area (Å²) in [5, 5.41) is 9.18. The molecule has 1 rings (SSSR count). The van der Waals surface area contributed by atoms with Crippen LogP contribution in [-0.2, 0) is 0 Å². The molecule has 0 aliphatic heterocycles. The lowest BCUT2D eigenvalue weighted by Crippen LogP contribution is -2.06. The van der Waals surface area contributed by atoms with Gasteiger partial charge in [-0.15, -0.1) is 0 Å². The highest BCUT2D eigenvalue weighted by Crippen LogP contribution is 2.20. The minimum atomic E-state index is -1.01. The highest BCUT2D eigenvalue weighted by molar-refractivity contribution is 7.80. The van der Waals surface area contributed by atoms with Crippen LogP contribution in [0.5, 0.6) is 5.75 Å². The number of rotatable bonds is 2. The van der Waals surface area contributed by atoms with Gasteiger partial charge >= 0.3 is 5.97 Å². The number of carboxylic acids is 1. The van der Waals surface area contributed by atoms with E-state index in [0.29, 0.717) is 5.05 Å². The number of ether oxygens (including phenoxy) is 1. The number of aryl methyl sites for hydroxylation is 1. The van der Waals surface area contributed by atoms with Crippen molar-refractivity contribution in [3.05, 3.63) is 29.3 Å². The normalized spacial score (nSPS) is 9.57. The molecule has 74 valence electrons. The first-order chi connectivity index (χ1) is 6.50. The fourth-order valence-corrected chi connectivity index (χ4v) is 1.14. The molecule has 1 aromatic carbocycles. The zero-order valence-corrected chi connectivity index (χ0v) is 8.72. The smallest absolute Gasteiger partial charge is 0.339 e. The summed E-state index contributed by atoms with van der Waals surface area (Å²) in [6.45, 7) is 3.42. The standard InChI is InChI=1S/C10H10O3S/c1-6-3-4-9(13-7(2)14)8(5-6)10(11)12/h3-5H,1-2H3,(H,11,12). The van der Waals surface area contributed by atoms with Crippen LogP contribution in [0.25, 0.3) is 0 Å². The van der Waals surface area contributed by atoms with Crippen LogP contribution in [0, 0.1) is 6.92 Å². The molecule has 3 nitrogen and oxygen atoms in total. The van der Waals surface area contributed by atoms with Crippen molar-refractivity contribution in [3.8, 4) is 5.75 Å². The maximum Gasteiger partial charge on any atom is 0.339 e. The van der Waals surface area contributed by atoms with Gasteiger partial charge in [-0.25, -0.2) is 4.79 Å². The second-order valence-corrected chi connectivity index (χ2v) is 3.47. The van der Waals surface area contributed by atoms with E-state index in [1.54, 1.807) is 25.1 Å². The van der Waals surface area contributed by atoms with Crippen molar-refractivity contribution in [2.24, 2.45) is 0 Å². The Bertz CT molecular complexity index is 385. The lowest BCUT2D eigenvalue weighted by atomic mass is 10.1. The molecule has 0 aromatic heterocycles. The van der Waals surface area contributed by atoms with Crippen LogP contribution in [0.15, 0.2) is 18.2 Å². The molecule has 0 aliphatic carbocycles. The van der Waals surface area contributed by atoms with Crippen LogP contribution >= 0.6 is 12.2 Å². The Morgan fingerprint density at radius 3 is 2.64 bits per heavy atom. The number of hydrogen-bond donors (Lipinski definition) is 1. The summed E-state index contributed by atoms with van der Waals surface area (Å²) in [4.78, 5) is 10.8. The van der Waals surface area contributed by atoms with E-state index in [0.717, 1.165) is 5.56 Å². The van der Waals surface area contributed by atoms with Crippen molar-refractivity contribution in [2.75, 3.05) is 0 Å². The van der Waals surface area contributed by atoms with E-state index in [9.17, 15) is 4.79 Å². The predicted molar refractivity (Wildman–Crippen MR) is 57.0 cm³/mol. The third-order valence-corrected chi connectivity index (χ3v) is 1.70. The van der Waals surface area contributed by atoms with Crippen molar-refractivity contribution in [1.29, 1.82) is 0 Å². The van der Waals surface area contributed by atoms with Crippen LogP contribution in [-0.4, -0.2) is 16.1 Å². The van der Waals surface area contributed by atoms with Crippen molar-refractivity contribution in [2.45, 2.75) is 13.8 Å². The third-order valence-electron chi connectivity index (χ3n) is 1.62. The van der Waals surface area contributed by atoms with Gasteiger partial charge in [0.2, 0.25) is 0 Å². The Kier molecular flexibility index (Phi) is 3.19. The summed E-state index contributed by atoms with van der Waals surface area (Å²) in [5.74, 6) is -0.726. The van der Waals surface area contributed by atoms with E-state index >= 15 is 0 Å². The van der Waals surface area contributed by atoms with Gasteiger partial charge in [0.25, 0.3) is 0 Å². The lowest BCUT2D eigenvalue weighted by Gasteiger charge is -2.07. The summed E-state index contributed by atoms with van der Waals surface area (Å²) >= 11 is 4.74. The number of hydrogen-bond acceptors (Lipinski definition) is 3. The summed E-state index contributed by atoms with van der Waals surface area (Å²) in [6, 6.07) is 4.94. The molecular formula is C10H10O3S. The van der Waals surface area contributed by atoms with Crippen LogP contribution in [0.3, 0.4) is 0 Å². The van der Waals surface area contributed by atoms with Gasteiger partial charge in [0.1, 0.15) is 11.3 Å². The van der Waals surface area contributed by atoms with Gasteiger partial charge in [-0.2, -0.15) is 0 Å². The first-order valence-corrected chi connectivity index (χ1v) is 4.44. The first kappa shape index (κ1) is 10.7. The van der Waals surface area contributed by atoms with E-state index < -0.39 is 5.97 Å². The number of aromatic carboxylic acids is 1. The van der Waals surface area contributed by atoms with Gasteiger partial charge in [0.15, 0.2) is 5.05 Å². The number of carboxylic acid groups (broad SMARTS) is 1. The molecule has 0 fully saturated rings. The van der Waals surface area contributed by atoms with Gasteiger partial charge in [0, 0.05) is 6.92 Å². The van der Waals surface area contributed by atoms with Crippen molar-refractivity contribution in [3.63, 3.8) is 0 Å². The Hall–Kier alpha value is -1.42. The molecule has 1 N–H and O–H groups in total. The average Bonchev–Trinajstić information content (AvgIpc) is 2.07. The summed E-state index contributed by atoms with van der Waals surface area (Å²) in [7, 11) is 0. The Balaban J connectivity index is 3.14. The van der Waals surface area contributed by atoms with E-state index in [-0.39, 0.29) is 11.3 Å². The molecule has 0 atom stereocenters. The summed E-state index contributed by atoms with van der Waals surface area (Å²) in [6.07, 6.45) is 0. The lowest BCUT2D eigenvalue weighted by molar-refractivity contribution is 0.0694. The molecule has 0 unspecified atom stereocenters. The molecule has 0 bridgehead atoms. The van der Waals surface area contributed by atoms with Gasteiger partial charge < -0.3 is 9.84 Å². The van der Waals surface area contributed by atoms with Crippen molar-refractivity contribution >= 4 is 23.2 Å². The fraction of sp³-hybridized carbons (Fsp3) is 0.200. The molecule has 14 heavy (non-hydrogen) atoms. The van der Waals surface area contributed by atoms with E-state index in [2.05, 4.69) is 0 Å². The minimum absolute atomic E-state index is 0.134. The van der Waals surface area contributed by atoms with Crippen LogP contribution < -0.4 is 4.74 Å². The SMILES string of the molecule is CC(=S)Oc1ccc(C)cc1C(=O)O. The molecular weight excluding hydrogens is 200 g/mol. The Labute approximate surface area is 87.3 Å². The molecule has 4 heteroatoms. The molecule has 0 saturated carbocycles. The zero-order valence-electron chi connectivity index (χ0n) is 7.90. The maximum absolute atomic E-state index is 10.8. The van der Waals surface area contributed by atoms with Gasteiger partial charge in [0.05, 0.1) is 0 Å². The van der Waals surface area contributed by atoms with Crippen LogP contribution in [0.4, 0.5) is 0 Å². The Morgan fingerprint density at radius 2 is 2.14 bits per heavy atom. The van der Waals surface area contributed by atoms with Crippen LogP contribution in [0.2, 0.25) is 0 Å².